The van der Waals surface area contributed by atoms with Crippen LogP contribution in [0.3, 0.4) is 0 Å². The lowest BCUT2D eigenvalue weighted by molar-refractivity contribution is -0.393. The summed E-state index contributed by atoms with van der Waals surface area (Å²) in [5, 5.41) is 31.8. The molecule has 3 aromatic heterocycles. The third-order valence-electron chi connectivity index (χ3n) is 6.01. The summed E-state index contributed by atoms with van der Waals surface area (Å²) in [5.74, 6) is 0.444. The van der Waals surface area contributed by atoms with Crippen molar-refractivity contribution in [2.45, 2.75) is 85.6 Å². The zero-order chi connectivity index (χ0) is 30.7. The Balaban J connectivity index is 0.000000292. The van der Waals surface area contributed by atoms with Crippen LogP contribution in [0.15, 0.2) is 36.4 Å². The summed E-state index contributed by atoms with van der Waals surface area (Å²) in [5.41, 5.74) is 2.51. The lowest BCUT2D eigenvalue weighted by atomic mass is 9.92. The Labute approximate surface area is 229 Å². The highest BCUT2D eigenvalue weighted by Gasteiger charge is 2.27. The monoisotopic (exact) mass is 546 g/mol. The predicted octanol–water partition coefficient (Wildman–Crippen LogP) is 6.92. The molecule has 3 heterocycles. The highest BCUT2D eigenvalue weighted by atomic mass is 16.6. The van der Waals surface area contributed by atoms with E-state index in [-0.39, 0.29) is 48.6 Å². The van der Waals surface area contributed by atoms with E-state index in [1.165, 1.54) is 0 Å². The molecule has 0 N–H and O–H groups in total. The summed E-state index contributed by atoms with van der Waals surface area (Å²) in [6.07, 6.45) is 0. The van der Waals surface area contributed by atoms with Gasteiger partial charge in [0.2, 0.25) is 0 Å². The molecule has 0 spiro atoms. The van der Waals surface area contributed by atoms with Gasteiger partial charge in [-0.1, -0.05) is 41.5 Å². The molecule has 0 fully saturated rings. The summed E-state index contributed by atoms with van der Waals surface area (Å²) in [6.45, 7) is 19.9. The smallest absolute Gasteiger partial charge is 0.323 e. The molecular formula is C27H42N6O6. The van der Waals surface area contributed by atoms with Crippen molar-refractivity contribution in [3.05, 3.63) is 83.8 Å². The minimum atomic E-state index is -0.366. The van der Waals surface area contributed by atoms with Crippen molar-refractivity contribution in [2.75, 3.05) is 0 Å². The van der Waals surface area contributed by atoms with Gasteiger partial charge < -0.3 is 30.3 Å². The topological polar surface area (TPSA) is 144 Å². The van der Waals surface area contributed by atoms with E-state index in [4.69, 9.17) is 0 Å². The van der Waals surface area contributed by atoms with Gasteiger partial charge in [0.05, 0.1) is 14.1 Å². The molecule has 0 aliphatic heterocycles. The molecule has 0 aliphatic rings. The molecule has 0 amide bonds. The molecule has 0 atom stereocenters. The van der Waals surface area contributed by atoms with Crippen molar-refractivity contribution >= 4 is 17.5 Å². The van der Waals surface area contributed by atoms with Crippen LogP contribution in [0.25, 0.3) is 0 Å². The molecular weight excluding hydrogens is 504 g/mol. The van der Waals surface area contributed by atoms with E-state index in [2.05, 4.69) is 0 Å². The Bertz CT molecular complexity index is 1260. The molecule has 0 aromatic carbocycles. The van der Waals surface area contributed by atoms with Crippen LogP contribution in [0.4, 0.5) is 17.5 Å². The first-order valence-electron chi connectivity index (χ1n) is 12.5. The largest absolute Gasteiger partial charge is 0.358 e. The molecule has 0 aliphatic carbocycles. The zero-order valence-electron chi connectivity index (χ0n) is 25.1. The van der Waals surface area contributed by atoms with Crippen LogP contribution in [0.2, 0.25) is 0 Å². The van der Waals surface area contributed by atoms with Gasteiger partial charge in [0.25, 0.3) is 0 Å². The minimum absolute atomic E-state index is 0.0526. The number of hydrogen-bond acceptors (Lipinski definition) is 6. The van der Waals surface area contributed by atoms with Gasteiger partial charge in [0.15, 0.2) is 0 Å². The summed E-state index contributed by atoms with van der Waals surface area (Å²) >= 11 is 0. The fraction of sp³-hybridized carbons (Fsp3) is 0.556. The van der Waals surface area contributed by atoms with E-state index in [1.807, 2.05) is 69.2 Å². The molecule has 3 aromatic rings. The maximum absolute atomic E-state index is 10.7. The first kappa shape index (κ1) is 33.1. The number of rotatable bonds is 3. The zero-order valence-corrected chi connectivity index (χ0v) is 25.1. The van der Waals surface area contributed by atoms with Gasteiger partial charge in [-0.3, -0.25) is 0 Å². The molecule has 216 valence electrons. The Kier molecular flexibility index (Phi) is 10.0. The second-order valence-corrected chi connectivity index (χ2v) is 12.4. The van der Waals surface area contributed by atoms with Crippen molar-refractivity contribution < 1.29 is 14.8 Å². The first-order valence-corrected chi connectivity index (χ1v) is 12.5. The Morgan fingerprint density at radius 3 is 1.05 bits per heavy atom. The maximum atomic E-state index is 10.7. The van der Waals surface area contributed by atoms with Crippen LogP contribution in [0, 0.1) is 37.3 Å². The van der Waals surface area contributed by atoms with Gasteiger partial charge in [0.1, 0.15) is 22.6 Å². The van der Waals surface area contributed by atoms with Crippen LogP contribution >= 0.6 is 0 Å². The number of nitro groups is 3. The second kappa shape index (κ2) is 11.8. The fourth-order valence-corrected chi connectivity index (χ4v) is 4.41. The quantitative estimate of drug-likeness (QED) is 0.257. The highest BCUT2D eigenvalue weighted by Crippen LogP contribution is 2.28. The maximum Gasteiger partial charge on any atom is 0.323 e. The molecule has 12 nitrogen and oxygen atoms in total. The number of hydrogen-bond donors (Lipinski definition) is 0. The minimum Gasteiger partial charge on any atom is -0.358 e. The lowest BCUT2D eigenvalue weighted by Crippen LogP contribution is -2.24. The van der Waals surface area contributed by atoms with Gasteiger partial charge in [-0.25, -0.2) is 13.7 Å². The van der Waals surface area contributed by atoms with E-state index in [0.29, 0.717) is 0 Å². The van der Waals surface area contributed by atoms with Crippen LogP contribution in [0.1, 0.15) is 79.4 Å². The van der Waals surface area contributed by atoms with Crippen molar-refractivity contribution in [3.63, 3.8) is 0 Å². The van der Waals surface area contributed by atoms with Crippen molar-refractivity contribution in [1.82, 2.24) is 13.7 Å². The molecule has 3 rings (SSSR count). The molecule has 0 radical (unpaired) electrons. The van der Waals surface area contributed by atoms with Crippen LogP contribution in [-0.2, 0) is 30.5 Å². The van der Waals surface area contributed by atoms with Crippen LogP contribution in [0.5, 0.6) is 0 Å². The number of aromatic nitrogens is 3. The Morgan fingerprint density at radius 2 is 0.872 bits per heavy atom. The predicted molar refractivity (Wildman–Crippen MR) is 152 cm³/mol. The van der Waals surface area contributed by atoms with Gasteiger partial charge in [-0.15, -0.1) is 0 Å². The Hall–Kier alpha value is -3.96. The van der Waals surface area contributed by atoms with E-state index >= 15 is 0 Å². The molecule has 0 saturated heterocycles. The van der Waals surface area contributed by atoms with Crippen molar-refractivity contribution in [1.29, 1.82) is 0 Å². The lowest BCUT2D eigenvalue weighted by Gasteiger charge is -2.18. The third kappa shape index (κ3) is 8.26. The van der Waals surface area contributed by atoms with E-state index in [1.54, 1.807) is 64.2 Å². The standard InChI is InChI=1S/3C9H14N2O2/c2*1-9(2,3)7-5-6-8(10(7)4)11(12)13;1-7-5-6-8(11(12)13)10(7)9(2,3)4/h3*5-6H,1-4H3. The van der Waals surface area contributed by atoms with Crippen molar-refractivity contribution in [2.24, 2.45) is 14.1 Å². The Morgan fingerprint density at radius 1 is 0.564 bits per heavy atom. The molecule has 0 bridgehead atoms. The van der Waals surface area contributed by atoms with Gasteiger partial charge in [0, 0.05) is 29.0 Å². The summed E-state index contributed by atoms with van der Waals surface area (Å²) in [7, 11) is 3.44. The summed E-state index contributed by atoms with van der Waals surface area (Å²) < 4.78 is 4.98. The normalized spacial score (nSPS) is 11.7. The van der Waals surface area contributed by atoms with E-state index in [9.17, 15) is 30.3 Å². The SMILES string of the molecule is Cc1ccc([N+](=O)[O-])n1C(C)(C)C.Cn1c([N+](=O)[O-])ccc1C(C)(C)C.Cn1c([N+](=O)[O-])ccc1C(C)(C)C. The molecule has 0 unspecified atom stereocenters. The van der Waals surface area contributed by atoms with Gasteiger partial charge in [-0.05, 0) is 60.7 Å². The van der Waals surface area contributed by atoms with Crippen LogP contribution < -0.4 is 0 Å². The summed E-state index contributed by atoms with van der Waals surface area (Å²) in [4.78, 5) is 30.7. The molecule has 0 saturated carbocycles. The average Bonchev–Trinajstić information content (AvgIpc) is 3.43. The van der Waals surface area contributed by atoms with Crippen LogP contribution in [-0.4, -0.2) is 28.5 Å². The van der Waals surface area contributed by atoms with E-state index < -0.39 is 0 Å². The number of aryl methyl sites for hydroxylation is 1. The fourth-order valence-electron chi connectivity index (χ4n) is 4.41. The average molecular weight is 547 g/mol. The third-order valence-corrected chi connectivity index (χ3v) is 6.01. The highest BCUT2D eigenvalue weighted by molar-refractivity contribution is 5.31. The van der Waals surface area contributed by atoms with Gasteiger partial charge >= 0.3 is 17.5 Å². The number of nitrogens with zero attached hydrogens (tertiary/aromatic N) is 6. The second-order valence-electron chi connectivity index (χ2n) is 12.4. The molecule has 12 heteroatoms. The molecule has 39 heavy (non-hydrogen) atoms. The first-order chi connectivity index (χ1) is 17.5. The van der Waals surface area contributed by atoms with Crippen molar-refractivity contribution in [3.8, 4) is 0 Å². The van der Waals surface area contributed by atoms with Gasteiger partial charge in [-0.2, -0.15) is 0 Å². The van der Waals surface area contributed by atoms with E-state index in [0.717, 1.165) is 17.1 Å². The summed E-state index contributed by atoms with van der Waals surface area (Å²) in [6, 6.07) is 10.0.